The van der Waals surface area contributed by atoms with E-state index in [1.54, 1.807) is 13.8 Å². The van der Waals surface area contributed by atoms with E-state index in [0.29, 0.717) is 0 Å². The molecule has 81 valence electrons. The number of rotatable bonds is 4. The maximum absolute atomic E-state index is 10.7. The lowest BCUT2D eigenvalue weighted by molar-refractivity contribution is -0.0254. The van der Waals surface area contributed by atoms with E-state index in [2.05, 4.69) is 18.9 Å². The molecular weight excluding hydrogens is 192 g/mol. The monoisotopic (exact) mass is 205 g/mol. The molecule has 0 aromatic heterocycles. The number of carbonyl (C=O) groups excluding carboxylic acids is 2. The number of hydrogen-bond donors (Lipinski definition) is 0. The Labute approximate surface area is 82.1 Å². The quantitative estimate of drug-likeness (QED) is 0.652. The van der Waals surface area contributed by atoms with Crippen molar-refractivity contribution in [3.63, 3.8) is 0 Å². The topological polar surface area (TPSA) is 71.1 Å². The van der Waals surface area contributed by atoms with Gasteiger partial charge in [-0.05, 0) is 13.8 Å². The van der Waals surface area contributed by atoms with Gasteiger partial charge in [0.2, 0.25) is 0 Å². The van der Waals surface area contributed by atoms with E-state index in [4.69, 9.17) is 0 Å². The number of carbonyl (C=O) groups is 2. The van der Waals surface area contributed by atoms with Crippen molar-refractivity contribution in [2.75, 3.05) is 13.2 Å². The second kappa shape index (κ2) is 6.99. The fourth-order valence-corrected chi connectivity index (χ4v) is 0.550. The lowest BCUT2D eigenvalue weighted by Crippen LogP contribution is -2.16. The van der Waals surface area contributed by atoms with Crippen LogP contribution in [0, 0.1) is 6.29 Å². The minimum atomic E-state index is -0.922. The van der Waals surface area contributed by atoms with Crippen LogP contribution in [0.1, 0.15) is 20.8 Å². The molecule has 0 heterocycles. The molecule has 0 aliphatic heterocycles. The summed E-state index contributed by atoms with van der Waals surface area (Å²) in [7, 11) is 0. The van der Waals surface area contributed by atoms with Crippen molar-refractivity contribution in [3.05, 3.63) is 6.29 Å². The zero-order chi connectivity index (χ0) is 11.0. The van der Waals surface area contributed by atoms with E-state index in [1.165, 1.54) is 6.92 Å². The summed E-state index contributed by atoms with van der Waals surface area (Å²) in [6, 6.07) is 0. The molecule has 0 aliphatic rings. The van der Waals surface area contributed by atoms with Crippen LogP contribution in [0.5, 0.6) is 0 Å². The zero-order valence-electron chi connectivity index (χ0n) is 8.36. The first-order valence-electron chi connectivity index (χ1n) is 4.12. The summed E-state index contributed by atoms with van der Waals surface area (Å²) < 4.78 is 17.8. The van der Waals surface area contributed by atoms with Crippen molar-refractivity contribution >= 4 is 12.3 Å². The third-order valence-corrected chi connectivity index (χ3v) is 0.979. The summed E-state index contributed by atoms with van der Waals surface area (Å²) in [5, 5.41) is 0. The van der Waals surface area contributed by atoms with Gasteiger partial charge in [-0.25, -0.2) is 9.59 Å². The second-order valence-electron chi connectivity index (χ2n) is 2.06. The molecule has 0 saturated heterocycles. The number of hydrogen-bond acceptors (Lipinski definition) is 6. The van der Waals surface area contributed by atoms with Crippen LogP contribution in [-0.4, -0.2) is 25.5 Å². The van der Waals surface area contributed by atoms with Crippen LogP contribution >= 0.6 is 0 Å². The lowest BCUT2D eigenvalue weighted by atomic mass is 10.7. The highest BCUT2D eigenvalue weighted by Gasteiger charge is 2.17. The maximum atomic E-state index is 10.7. The first-order chi connectivity index (χ1) is 6.60. The van der Waals surface area contributed by atoms with Gasteiger partial charge in [-0.3, -0.25) is 0 Å². The third-order valence-electron chi connectivity index (χ3n) is 0.979. The Hall–Kier alpha value is -1.46. The summed E-state index contributed by atoms with van der Waals surface area (Å²) in [5.41, 5.74) is 0. The van der Waals surface area contributed by atoms with Crippen LogP contribution in [-0.2, 0) is 18.9 Å². The molecule has 0 aromatic rings. The summed E-state index contributed by atoms with van der Waals surface area (Å²) in [4.78, 5) is 21.4. The van der Waals surface area contributed by atoms with Gasteiger partial charge in [-0.1, -0.05) is 0 Å². The summed E-state index contributed by atoms with van der Waals surface area (Å²) in [6.07, 6.45) is -2.08. The van der Waals surface area contributed by atoms with E-state index in [9.17, 15) is 9.59 Å². The van der Waals surface area contributed by atoms with E-state index in [0.717, 1.165) is 0 Å². The highest BCUT2D eigenvalue weighted by Crippen LogP contribution is 2.06. The molecule has 0 rings (SSSR count). The lowest BCUT2D eigenvalue weighted by Gasteiger charge is -2.10. The van der Waals surface area contributed by atoms with Crippen LogP contribution in [0.4, 0.5) is 9.59 Å². The average Bonchev–Trinajstić information content (AvgIpc) is 2.03. The fraction of sp³-hybridized carbons (Fsp3) is 0.625. The number of ether oxygens (including phenoxy) is 4. The van der Waals surface area contributed by atoms with Crippen LogP contribution < -0.4 is 0 Å². The molecule has 6 heteroatoms. The van der Waals surface area contributed by atoms with Crippen LogP contribution in [0.15, 0.2) is 0 Å². The van der Waals surface area contributed by atoms with Gasteiger partial charge in [0.15, 0.2) is 0 Å². The van der Waals surface area contributed by atoms with Crippen molar-refractivity contribution in [2.24, 2.45) is 0 Å². The average molecular weight is 205 g/mol. The Morgan fingerprint density at radius 2 is 1.29 bits per heavy atom. The standard InChI is InChI=1S/C8H13O6/c1-4-11-7(9)13-6(3)14-8(10)12-5-2/h4-5H2,1-3H3. The molecule has 14 heavy (non-hydrogen) atoms. The molecular formula is C8H13O6. The minimum Gasteiger partial charge on any atom is -0.434 e. The van der Waals surface area contributed by atoms with E-state index in [1.807, 2.05) is 0 Å². The van der Waals surface area contributed by atoms with Gasteiger partial charge < -0.3 is 18.9 Å². The minimum absolute atomic E-state index is 0.186. The molecule has 6 nitrogen and oxygen atoms in total. The third kappa shape index (κ3) is 6.10. The highest BCUT2D eigenvalue weighted by atomic mass is 16.8. The SMILES string of the molecule is CCOC(=O)O[C](C)OC(=O)OCC. The maximum Gasteiger partial charge on any atom is 0.511 e. The molecule has 0 bridgehead atoms. The molecule has 0 unspecified atom stereocenters. The molecule has 0 N–H and O–H groups in total. The van der Waals surface area contributed by atoms with Gasteiger partial charge in [0.1, 0.15) is 0 Å². The summed E-state index contributed by atoms with van der Waals surface area (Å²) in [6.45, 7) is 4.93. The van der Waals surface area contributed by atoms with E-state index >= 15 is 0 Å². The van der Waals surface area contributed by atoms with Crippen molar-refractivity contribution in [1.29, 1.82) is 0 Å². The second-order valence-corrected chi connectivity index (χ2v) is 2.06. The van der Waals surface area contributed by atoms with Gasteiger partial charge in [0, 0.05) is 6.92 Å². The molecule has 1 radical (unpaired) electrons. The van der Waals surface area contributed by atoms with Gasteiger partial charge >= 0.3 is 18.6 Å². The predicted octanol–water partition coefficient (Wildman–Crippen LogP) is 1.84. The normalized spacial score (nSPS) is 9.43. The molecule has 0 aliphatic carbocycles. The fourth-order valence-electron chi connectivity index (χ4n) is 0.550. The summed E-state index contributed by atoms with van der Waals surface area (Å²) >= 11 is 0. The van der Waals surface area contributed by atoms with Crippen molar-refractivity contribution < 1.29 is 28.5 Å². The van der Waals surface area contributed by atoms with E-state index in [-0.39, 0.29) is 19.5 Å². The molecule has 0 atom stereocenters. The first kappa shape index (κ1) is 12.5. The zero-order valence-corrected chi connectivity index (χ0v) is 8.36. The van der Waals surface area contributed by atoms with Gasteiger partial charge in [-0.2, -0.15) is 0 Å². The molecule has 0 amide bonds. The predicted molar refractivity (Wildman–Crippen MR) is 45.1 cm³/mol. The Kier molecular flexibility index (Phi) is 6.26. The Morgan fingerprint density at radius 1 is 0.929 bits per heavy atom. The van der Waals surface area contributed by atoms with Crippen LogP contribution in [0.25, 0.3) is 0 Å². The van der Waals surface area contributed by atoms with Gasteiger partial charge in [0.25, 0.3) is 0 Å². The largest absolute Gasteiger partial charge is 0.511 e. The van der Waals surface area contributed by atoms with Crippen LogP contribution in [0.3, 0.4) is 0 Å². The van der Waals surface area contributed by atoms with Gasteiger partial charge in [0.05, 0.1) is 13.2 Å². The molecule has 0 saturated carbocycles. The molecule has 0 aromatic carbocycles. The van der Waals surface area contributed by atoms with Gasteiger partial charge in [-0.15, -0.1) is 0 Å². The smallest absolute Gasteiger partial charge is 0.434 e. The first-order valence-corrected chi connectivity index (χ1v) is 4.12. The van der Waals surface area contributed by atoms with Crippen molar-refractivity contribution in [3.8, 4) is 0 Å². The summed E-state index contributed by atoms with van der Waals surface area (Å²) in [5.74, 6) is 0. The Morgan fingerprint density at radius 3 is 1.57 bits per heavy atom. The van der Waals surface area contributed by atoms with Crippen molar-refractivity contribution in [1.82, 2.24) is 0 Å². The highest BCUT2D eigenvalue weighted by molar-refractivity contribution is 5.63. The molecule has 0 fully saturated rings. The van der Waals surface area contributed by atoms with Crippen LogP contribution in [0.2, 0.25) is 0 Å². The van der Waals surface area contributed by atoms with Crippen molar-refractivity contribution in [2.45, 2.75) is 20.8 Å². The molecule has 0 spiro atoms. The Balaban J connectivity index is 3.68. The Bertz CT molecular complexity index is 170. The van der Waals surface area contributed by atoms with E-state index < -0.39 is 12.3 Å².